The lowest BCUT2D eigenvalue weighted by molar-refractivity contribution is -0.135. The van der Waals surface area contributed by atoms with Gasteiger partial charge in [-0.25, -0.2) is 0 Å². The van der Waals surface area contributed by atoms with Gasteiger partial charge in [-0.3, -0.25) is 14.5 Å². The summed E-state index contributed by atoms with van der Waals surface area (Å²) >= 11 is 0. The predicted octanol–water partition coefficient (Wildman–Crippen LogP) is 1.88. The topological polar surface area (TPSA) is 60.2 Å². The lowest BCUT2D eigenvalue weighted by Gasteiger charge is -2.32. The molecule has 6 heteroatoms. The van der Waals surface area contributed by atoms with Crippen LogP contribution in [-0.4, -0.2) is 44.8 Å². The molecule has 3 rings (SSSR count). The molecular formula is C17H22N4O2. The van der Waals surface area contributed by atoms with Crippen molar-refractivity contribution in [2.24, 2.45) is 0 Å². The molecule has 122 valence electrons. The van der Waals surface area contributed by atoms with Crippen LogP contribution in [0.25, 0.3) is 0 Å². The molecule has 0 radical (unpaired) electrons. The summed E-state index contributed by atoms with van der Waals surface area (Å²) in [7, 11) is 0. The highest BCUT2D eigenvalue weighted by molar-refractivity contribution is 5.76. The van der Waals surface area contributed by atoms with Crippen molar-refractivity contribution in [2.45, 2.75) is 38.5 Å². The van der Waals surface area contributed by atoms with Crippen LogP contribution >= 0.6 is 0 Å². The molecule has 0 bridgehead atoms. The van der Waals surface area contributed by atoms with Crippen LogP contribution in [0.4, 0.5) is 0 Å². The van der Waals surface area contributed by atoms with E-state index >= 15 is 0 Å². The molecule has 2 aromatic rings. The summed E-state index contributed by atoms with van der Waals surface area (Å²) in [6, 6.07) is 5.78. The summed E-state index contributed by atoms with van der Waals surface area (Å²) in [4.78, 5) is 18.3. The third-order valence-corrected chi connectivity index (χ3v) is 4.05. The molecule has 0 unspecified atom stereocenters. The maximum atomic E-state index is 12.3. The molecule has 0 saturated carbocycles. The lowest BCUT2D eigenvalue weighted by atomic mass is 10.1. The van der Waals surface area contributed by atoms with Crippen LogP contribution in [0.15, 0.2) is 43.0 Å². The second-order valence-corrected chi connectivity index (χ2v) is 5.80. The molecule has 0 aliphatic carbocycles. The Labute approximate surface area is 136 Å². The summed E-state index contributed by atoms with van der Waals surface area (Å²) in [5.74, 6) is 0.176. The van der Waals surface area contributed by atoms with E-state index < -0.39 is 0 Å². The zero-order chi connectivity index (χ0) is 15.9. The first kappa shape index (κ1) is 15.7. The molecule has 23 heavy (non-hydrogen) atoms. The van der Waals surface area contributed by atoms with Crippen molar-refractivity contribution in [1.82, 2.24) is 19.7 Å². The van der Waals surface area contributed by atoms with Gasteiger partial charge in [0.15, 0.2) is 0 Å². The third kappa shape index (κ3) is 4.63. The highest BCUT2D eigenvalue weighted by atomic mass is 16.5. The summed E-state index contributed by atoms with van der Waals surface area (Å²) in [5, 5.41) is 4.13. The fourth-order valence-electron chi connectivity index (χ4n) is 2.80. The Morgan fingerprint density at radius 1 is 1.35 bits per heavy atom. The highest BCUT2D eigenvalue weighted by Gasteiger charge is 2.23. The molecule has 1 saturated heterocycles. The zero-order valence-electron chi connectivity index (χ0n) is 13.2. The Kier molecular flexibility index (Phi) is 5.37. The largest absolute Gasteiger partial charge is 0.372 e. The molecule has 3 heterocycles. The average molecular weight is 314 g/mol. The maximum Gasteiger partial charge on any atom is 0.224 e. The van der Waals surface area contributed by atoms with E-state index in [1.54, 1.807) is 17.1 Å². The standard InChI is InChI=1S/C17H22N4O2/c22-17(6-11-21-10-3-8-19-21)20-9-2-5-16(13-20)23-14-15-4-1-7-18-12-15/h1,3-4,7-8,10,12,16H,2,5-6,9,11,13-14H2/t16-/m1/s1. The normalized spacial score (nSPS) is 18.1. The van der Waals surface area contributed by atoms with Gasteiger partial charge in [0, 0.05) is 50.8 Å². The minimum Gasteiger partial charge on any atom is -0.372 e. The molecule has 1 atom stereocenters. The lowest BCUT2D eigenvalue weighted by Crippen LogP contribution is -2.43. The number of hydrogen-bond donors (Lipinski definition) is 0. The third-order valence-electron chi connectivity index (χ3n) is 4.05. The van der Waals surface area contributed by atoms with Gasteiger partial charge in [-0.15, -0.1) is 0 Å². The smallest absolute Gasteiger partial charge is 0.224 e. The van der Waals surface area contributed by atoms with Crippen LogP contribution in [0.1, 0.15) is 24.8 Å². The molecule has 0 spiro atoms. The van der Waals surface area contributed by atoms with Crippen molar-refractivity contribution >= 4 is 5.91 Å². The Morgan fingerprint density at radius 3 is 3.09 bits per heavy atom. The number of likely N-dealkylation sites (tertiary alicyclic amines) is 1. The first-order chi connectivity index (χ1) is 11.3. The molecular weight excluding hydrogens is 292 g/mol. The van der Waals surface area contributed by atoms with Gasteiger partial charge < -0.3 is 9.64 Å². The van der Waals surface area contributed by atoms with Gasteiger partial charge >= 0.3 is 0 Å². The summed E-state index contributed by atoms with van der Waals surface area (Å²) in [6.45, 7) is 2.68. The van der Waals surface area contributed by atoms with Crippen LogP contribution in [0.5, 0.6) is 0 Å². The number of amides is 1. The highest BCUT2D eigenvalue weighted by Crippen LogP contribution is 2.16. The second kappa shape index (κ2) is 7.87. The Balaban J connectivity index is 1.44. The number of nitrogens with zero attached hydrogens (tertiary/aromatic N) is 4. The van der Waals surface area contributed by atoms with E-state index in [1.807, 2.05) is 35.5 Å². The Morgan fingerprint density at radius 2 is 2.30 bits per heavy atom. The Hall–Kier alpha value is -2.21. The first-order valence-electron chi connectivity index (χ1n) is 8.07. The molecule has 1 amide bonds. The van der Waals surface area contributed by atoms with E-state index in [-0.39, 0.29) is 12.0 Å². The number of piperidine rings is 1. The van der Waals surface area contributed by atoms with Crippen molar-refractivity contribution in [3.05, 3.63) is 48.5 Å². The van der Waals surface area contributed by atoms with E-state index in [0.717, 1.165) is 24.9 Å². The van der Waals surface area contributed by atoms with E-state index in [4.69, 9.17) is 4.74 Å². The van der Waals surface area contributed by atoms with Crippen molar-refractivity contribution < 1.29 is 9.53 Å². The monoisotopic (exact) mass is 314 g/mol. The van der Waals surface area contributed by atoms with Gasteiger partial charge in [0.25, 0.3) is 0 Å². The van der Waals surface area contributed by atoms with E-state index in [1.165, 1.54) is 0 Å². The van der Waals surface area contributed by atoms with Gasteiger partial charge in [-0.1, -0.05) is 6.07 Å². The van der Waals surface area contributed by atoms with E-state index in [2.05, 4.69) is 10.1 Å². The minimum absolute atomic E-state index is 0.109. The predicted molar refractivity (Wildman–Crippen MR) is 85.5 cm³/mol. The molecule has 2 aromatic heterocycles. The number of carbonyl (C=O) groups is 1. The number of carbonyl (C=O) groups excluding carboxylic acids is 1. The van der Waals surface area contributed by atoms with Crippen LogP contribution in [0.3, 0.4) is 0 Å². The van der Waals surface area contributed by atoms with Gasteiger partial charge in [0.2, 0.25) is 5.91 Å². The van der Waals surface area contributed by atoms with Gasteiger partial charge in [-0.2, -0.15) is 5.10 Å². The first-order valence-corrected chi connectivity index (χ1v) is 8.07. The minimum atomic E-state index is 0.109. The fourth-order valence-corrected chi connectivity index (χ4v) is 2.80. The number of rotatable bonds is 6. The number of aryl methyl sites for hydroxylation is 1. The van der Waals surface area contributed by atoms with Crippen LogP contribution in [0.2, 0.25) is 0 Å². The van der Waals surface area contributed by atoms with Crippen molar-refractivity contribution in [1.29, 1.82) is 0 Å². The SMILES string of the molecule is O=C(CCn1cccn1)N1CCC[C@@H](OCc2cccnc2)C1. The number of aromatic nitrogens is 3. The zero-order valence-corrected chi connectivity index (χ0v) is 13.2. The van der Waals surface area contributed by atoms with Crippen LogP contribution in [0, 0.1) is 0 Å². The summed E-state index contributed by atoms with van der Waals surface area (Å²) < 4.78 is 7.74. The van der Waals surface area contributed by atoms with E-state index in [0.29, 0.717) is 26.1 Å². The van der Waals surface area contributed by atoms with Crippen LogP contribution in [-0.2, 0) is 22.7 Å². The van der Waals surface area contributed by atoms with Crippen molar-refractivity contribution in [3.63, 3.8) is 0 Å². The summed E-state index contributed by atoms with van der Waals surface area (Å²) in [5.41, 5.74) is 1.06. The quantitative estimate of drug-likeness (QED) is 0.817. The van der Waals surface area contributed by atoms with Gasteiger partial charge in [0.05, 0.1) is 12.7 Å². The fraction of sp³-hybridized carbons (Fsp3) is 0.471. The van der Waals surface area contributed by atoms with Crippen molar-refractivity contribution in [2.75, 3.05) is 13.1 Å². The number of hydrogen-bond acceptors (Lipinski definition) is 4. The number of ether oxygens (including phenoxy) is 1. The molecule has 1 aliphatic heterocycles. The van der Waals surface area contributed by atoms with Crippen molar-refractivity contribution in [3.8, 4) is 0 Å². The average Bonchev–Trinajstić information content (AvgIpc) is 3.12. The Bertz CT molecular complexity index is 600. The number of pyridine rings is 1. The van der Waals surface area contributed by atoms with Gasteiger partial charge in [0.1, 0.15) is 0 Å². The molecule has 6 nitrogen and oxygen atoms in total. The molecule has 1 aliphatic rings. The maximum absolute atomic E-state index is 12.3. The second-order valence-electron chi connectivity index (χ2n) is 5.80. The van der Waals surface area contributed by atoms with Gasteiger partial charge in [-0.05, 0) is 30.5 Å². The summed E-state index contributed by atoms with van der Waals surface area (Å²) in [6.07, 6.45) is 9.76. The molecule has 0 N–H and O–H groups in total. The van der Waals surface area contributed by atoms with E-state index in [9.17, 15) is 4.79 Å². The molecule has 0 aromatic carbocycles. The van der Waals surface area contributed by atoms with Crippen LogP contribution < -0.4 is 0 Å². The molecule has 1 fully saturated rings.